The molecular weight excluding hydrogens is 190 g/mol. The second kappa shape index (κ2) is 4.45. The Kier molecular flexibility index (Phi) is 3.02. The molecule has 1 aliphatic heterocycles. The minimum atomic E-state index is -0.260. The summed E-state index contributed by atoms with van der Waals surface area (Å²) >= 11 is 0. The zero-order valence-corrected chi connectivity index (χ0v) is 8.82. The fourth-order valence-corrected chi connectivity index (χ4v) is 1.71. The molecule has 1 aromatic rings. The Hall–Kier alpha value is -1.35. The number of nitrogens with one attached hydrogen (secondary N) is 1. The minimum absolute atomic E-state index is 0.0261. The molecule has 1 amide bonds. The highest BCUT2D eigenvalue weighted by molar-refractivity contribution is 5.94. The molecule has 1 aliphatic rings. The Morgan fingerprint density at radius 2 is 2.27 bits per heavy atom. The first-order valence-electron chi connectivity index (χ1n) is 5.25. The third-order valence-corrected chi connectivity index (χ3v) is 2.63. The smallest absolute Gasteiger partial charge is 0.253 e. The standard InChI is InChI=1S/C12H15NO2/c1-9-5-2-3-6-10(9)13-12(14)11-7-4-8-15-11/h2-3,5-6,11H,4,7-8H2,1H3,(H,13,14)/t11-/m1/s1. The predicted octanol–water partition coefficient (Wildman–Crippen LogP) is 2.11. The number of amides is 1. The second-order valence-corrected chi connectivity index (χ2v) is 3.81. The zero-order valence-electron chi connectivity index (χ0n) is 8.82. The number of anilines is 1. The van der Waals surface area contributed by atoms with E-state index in [1.807, 2.05) is 31.2 Å². The van der Waals surface area contributed by atoms with Crippen molar-refractivity contribution in [3.8, 4) is 0 Å². The molecule has 1 aromatic carbocycles. The molecule has 2 rings (SSSR count). The lowest BCUT2D eigenvalue weighted by molar-refractivity contribution is -0.124. The van der Waals surface area contributed by atoms with Gasteiger partial charge in [-0.3, -0.25) is 4.79 Å². The number of para-hydroxylation sites is 1. The monoisotopic (exact) mass is 205 g/mol. The van der Waals surface area contributed by atoms with E-state index in [0.717, 1.165) is 24.1 Å². The summed E-state index contributed by atoms with van der Waals surface area (Å²) in [7, 11) is 0. The molecule has 1 fully saturated rings. The first-order valence-corrected chi connectivity index (χ1v) is 5.25. The van der Waals surface area contributed by atoms with Crippen LogP contribution >= 0.6 is 0 Å². The molecule has 1 saturated heterocycles. The van der Waals surface area contributed by atoms with E-state index in [9.17, 15) is 4.79 Å². The van der Waals surface area contributed by atoms with Crippen LogP contribution in [0.5, 0.6) is 0 Å². The second-order valence-electron chi connectivity index (χ2n) is 3.81. The lowest BCUT2D eigenvalue weighted by atomic mass is 10.2. The molecule has 0 aromatic heterocycles. The largest absolute Gasteiger partial charge is 0.368 e. The number of hydrogen-bond donors (Lipinski definition) is 1. The highest BCUT2D eigenvalue weighted by Crippen LogP contribution is 2.17. The summed E-state index contributed by atoms with van der Waals surface area (Å²) in [6, 6.07) is 7.75. The Bertz CT molecular complexity index is 356. The van der Waals surface area contributed by atoms with Crippen LogP contribution in [0.25, 0.3) is 0 Å². The fraction of sp³-hybridized carbons (Fsp3) is 0.417. The van der Waals surface area contributed by atoms with Crippen molar-refractivity contribution < 1.29 is 9.53 Å². The van der Waals surface area contributed by atoms with Gasteiger partial charge in [0.05, 0.1) is 0 Å². The molecule has 1 atom stereocenters. The molecule has 0 spiro atoms. The van der Waals surface area contributed by atoms with E-state index < -0.39 is 0 Å². The van der Waals surface area contributed by atoms with Gasteiger partial charge in [-0.1, -0.05) is 18.2 Å². The summed E-state index contributed by atoms with van der Waals surface area (Å²) in [4.78, 5) is 11.7. The van der Waals surface area contributed by atoms with Crippen molar-refractivity contribution in [1.29, 1.82) is 0 Å². The lowest BCUT2D eigenvalue weighted by Gasteiger charge is -2.11. The number of carbonyl (C=O) groups excluding carboxylic acids is 1. The van der Waals surface area contributed by atoms with E-state index in [1.165, 1.54) is 0 Å². The van der Waals surface area contributed by atoms with Crippen molar-refractivity contribution in [2.24, 2.45) is 0 Å². The number of ether oxygens (including phenoxy) is 1. The maximum atomic E-state index is 11.7. The van der Waals surface area contributed by atoms with Gasteiger partial charge in [-0.15, -0.1) is 0 Å². The number of carbonyl (C=O) groups is 1. The van der Waals surface area contributed by atoms with Crippen LogP contribution in [-0.2, 0) is 9.53 Å². The Labute approximate surface area is 89.4 Å². The molecule has 3 heteroatoms. The van der Waals surface area contributed by atoms with Crippen molar-refractivity contribution in [2.75, 3.05) is 11.9 Å². The Morgan fingerprint density at radius 3 is 2.93 bits per heavy atom. The van der Waals surface area contributed by atoms with Gasteiger partial charge in [0.2, 0.25) is 0 Å². The van der Waals surface area contributed by atoms with Crippen LogP contribution in [0, 0.1) is 6.92 Å². The molecular formula is C12H15NO2. The van der Waals surface area contributed by atoms with E-state index in [2.05, 4.69) is 5.32 Å². The van der Waals surface area contributed by atoms with Gasteiger partial charge in [0.25, 0.3) is 5.91 Å². The van der Waals surface area contributed by atoms with Crippen LogP contribution in [0.2, 0.25) is 0 Å². The molecule has 3 nitrogen and oxygen atoms in total. The topological polar surface area (TPSA) is 38.3 Å². The predicted molar refractivity (Wildman–Crippen MR) is 58.8 cm³/mol. The first-order chi connectivity index (χ1) is 7.27. The molecule has 0 unspecified atom stereocenters. The van der Waals surface area contributed by atoms with Crippen LogP contribution in [0.1, 0.15) is 18.4 Å². The van der Waals surface area contributed by atoms with Gasteiger partial charge < -0.3 is 10.1 Å². The molecule has 1 heterocycles. The third kappa shape index (κ3) is 2.36. The highest BCUT2D eigenvalue weighted by Gasteiger charge is 2.23. The molecule has 15 heavy (non-hydrogen) atoms. The number of benzene rings is 1. The molecule has 0 aliphatic carbocycles. The molecule has 0 bridgehead atoms. The van der Waals surface area contributed by atoms with Crippen molar-refractivity contribution in [3.63, 3.8) is 0 Å². The van der Waals surface area contributed by atoms with Gasteiger partial charge in [-0.2, -0.15) is 0 Å². The maximum Gasteiger partial charge on any atom is 0.253 e. The zero-order chi connectivity index (χ0) is 10.7. The fourth-order valence-electron chi connectivity index (χ4n) is 1.71. The van der Waals surface area contributed by atoms with Crippen LogP contribution in [0.15, 0.2) is 24.3 Å². The normalized spacial score (nSPS) is 20.2. The highest BCUT2D eigenvalue weighted by atomic mass is 16.5. The number of rotatable bonds is 2. The van der Waals surface area contributed by atoms with E-state index >= 15 is 0 Å². The van der Waals surface area contributed by atoms with Crippen molar-refractivity contribution in [1.82, 2.24) is 0 Å². The van der Waals surface area contributed by atoms with E-state index in [0.29, 0.717) is 6.61 Å². The number of aryl methyl sites for hydroxylation is 1. The molecule has 80 valence electrons. The lowest BCUT2D eigenvalue weighted by Crippen LogP contribution is -2.27. The van der Waals surface area contributed by atoms with Crippen LogP contribution < -0.4 is 5.32 Å². The van der Waals surface area contributed by atoms with Crippen molar-refractivity contribution >= 4 is 11.6 Å². The van der Waals surface area contributed by atoms with Gasteiger partial charge in [-0.25, -0.2) is 0 Å². The van der Waals surface area contributed by atoms with Crippen molar-refractivity contribution in [3.05, 3.63) is 29.8 Å². The van der Waals surface area contributed by atoms with Gasteiger partial charge in [0.15, 0.2) is 0 Å². The average molecular weight is 205 g/mol. The van der Waals surface area contributed by atoms with E-state index in [4.69, 9.17) is 4.74 Å². The molecule has 0 radical (unpaired) electrons. The average Bonchev–Trinajstić information content (AvgIpc) is 2.74. The summed E-state index contributed by atoms with van der Waals surface area (Å²) in [5.41, 5.74) is 1.95. The third-order valence-electron chi connectivity index (χ3n) is 2.63. The van der Waals surface area contributed by atoms with Gasteiger partial charge in [-0.05, 0) is 31.4 Å². The van der Waals surface area contributed by atoms with Gasteiger partial charge in [0.1, 0.15) is 6.10 Å². The van der Waals surface area contributed by atoms with Crippen LogP contribution in [0.3, 0.4) is 0 Å². The van der Waals surface area contributed by atoms with Gasteiger partial charge in [0, 0.05) is 12.3 Å². The van der Waals surface area contributed by atoms with E-state index in [1.54, 1.807) is 0 Å². The first kappa shape index (κ1) is 10.2. The Morgan fingerprint density at radius 1 is 1.47 bits per heavy atom. The van der Waals surface area contributed by atoms with Crippen LogP contribution in [-0.4, -0.2) is 18.6 Å². The molecule has 0 saturated carbocycles. The summed E-state index contributed by atoms with van der Waals surface area (Å²) < 4.78 is 5.31. The van der Waals surface area contributed by atoms with Crippen LogP contribution in [0.4, 0.5) is 5.69 Å². The summed E-state index contributed by atoms with van der Waals surface area (Å²) in [6.07, 6.45) is 1.55. The molecule has 1 N–H and O–H groups in total. The summed E-state index contributed by atoms with van der Waals surface area (Å²) in [6.45, 7) is 2.68. The van der Waals surface area contributed by atoms with Crippen molar-refractivity contribution in [2.45, 2.75) is 25.9 Å². The summed E-state index contributed by atoms with van der Waals surface area (Å²) in [5.74, 6) is -0.0261. The Balaban J connectivity index is 2.02. The SMILES string of the molecule is Cc1ccccc1NC(=O)[C@H]1CCCO1. The number of hydrogen-bond acceptors (Lipinski definition) is 2. The van der Waals surface area contributed by atoms with E-state index in [-0.39, 0.29) is 12.0 Å². The maximum absolute atomic E-state index is 11.7. The quantitative estimate of drug-likeness (QED) is 0.803. The minimum Gasteiger partial charge on any atom is -0.368 e. The van der Waals surface area contributed by atoms with Gasteiger partial charge >= 0.3 is 0 Å². The summed E-state index contributed by atoms with van der Waals surface area (Å²) in [5, 5.41) is 2.89.